The van der Waals surface area contributed by atoms with Crippen LogP contribution >= 0.6 is 27.7 Å². The summed E-state index contributed by atoms with van der Waals surface area (Å²) >= 11 is 5.35. The lowest BCUT2D eigenvalue weighted by atomic mass is 10.1. The normalized spacial score (nSPS) is 12.7. The average molecular weight is 288 g/mol. The lowest BCUT2D eigenvalue weighted by Gasteiger charge is -2.13. The summed E-state index contributed by atoms with van der Waals surface area (Å²) < 4.78 is 1.14. The van der Waals surface area contributed by atoms with Gasteiger partial charge in [0.25, 0.3) is 0 Å². The van der Waals surface area contributed by atoms with E-state index in [1.54, 1.807) is 0 Å². The molecule has 0 bridgehead atoms. The Hall–Kier alpha value is 0.01000. The minimum atomic E-state index is 0.444. The zero-order valence-electron chi connectivity index (χ0n) is 9.29. The molecule has 0 aromatic heterocycles. The molecule has 0 saturated carbocycles. The van der Waals surface area contributed by atoms with Gasteiger partial charge in [-0.2, -0.15) is 11.8 Å². The molecule has 15 heavy (non-hydrogen) atoms. The Morgan fingerprint density at radius 3 is 2.60 bits per heavy atom. The summed E-state index contributed by atoms with van der Waals surface area (Å²) in [6.45, 7) is 3.31. The molecule has 1 aromatic rings. The maximum atomic E-state index is 3.52. The van der Waals surface area contributed by atoms with E-state index in [1.165, 1.54) is 17.7 Å². The molecule has 1 nitrogen and oxygen atoms in total. The first-order chi connectivity index (χ1) is 7.24. The molecule has 0 heterocycles. The number of rotatable bonds is 6. The largest absolute Gasteiger partial charge is 0.310 e. The molecule has 1 N–H and O–H groups in total. The molecule has 0 aliphatic carbocycles. The molecular weight excluding hydrogens is 270 g/mol. The Morgan fingerprint density at radius 1 is 1.33 bits per heavy atom. The minimum Gasteiger partial charge on any atom is -0.310 e. The highest BCUT2D eigenvalue weighted by Gasteiger charge is 2.03. The van der Waals surface area contributed by atoms with Crippen LogP contribution in [0.2, 0.25) is 0 Å². The van der Waals surface area contributed by atoms with E-state index < -0.39 is 0 Å². The van der Waals surface area contributed by atoms with Crippen molar-refractivity contribution < 1.29 is 0 Å². The van der Waals surface area contributed by atoms with Gasteiger partial charge in [0.05, 0.1) is 0 Å². The monoisotopic (exact) mass is 287 g/mol. The number of thioether (sulfide) groups is 1. The van der Waals surface area contributed by atoms with E-state index in [9.17, 15) is 0 Å². The first kappa shape index (κ1) is 13.1. The second kappa shape index (κ2) is 7.31. The molecule has 0 fully saturated rings. The molecular formula is C12H18BrNS. The number of halogens is 1. The van der Waals surface area contributed by atoms with Crippen molar-refractivity contribution in [1.29, 1.82) is 0 Å². The molecule has 0 saturated heterocycles. The van der Waals surface area contributed by atoms with Crippen LogP contribution < -0.4 is 5.32 Å². The van der Waals surface area contributed by atoms with Gasteiger partial charge in [-0.25, -0.2) is 0 Å². The van der Waals surface area contributed by atoms with Gasteiger partial charge < -0.3 is 5.32 Å². The maximum absolute atomic E-state index is 3.52. The Balaban J connectivity index is 2.33. The van der Waals surface area contributed by atoms with E-state index >= 15 is 0 Å². The van der Waals surface area contributed by atoms with Crippen LogP contribution in [0, 0.1) is 0 Å². The van der Waals surface area contributed by atoms with Crippen LogP contribution in [0.1, 0.15) is 24.9 Å². The molecule has 0 aliphatic heterocycles. The minimum absolute atomic E-state index is 0.444. The average Bonchev–Trinajstić information content (AvgIpc) is 2.25. The van der Waals surface area contributed by atoms with Crippen LogP contribution in [0.4, 0.5) is 0 Å². The molecule has 1 unspecified atom stereocenters. The fourth-order valence-electron chi connectivity index (χ4n) is 1.40. The quantitative estimate of drug-likeness (QED) is 0.798. The number of nitrogens with one attached hydrogen (secondary N) is 1. The number of benzene rings is 1. The number of hydrogen-bond acceptors (Lipinski definition) is 2. The summed E-state index contributed by atoms with van der Waals surface area (Å²) in [5.74, 6) is 1.24. The summed E-state index contributed by atoms with van der Waals surface area (Å²) in [5.41, 5.74) is 1.35. The van der Waals surface area contributed by atoms with Gasteiger partial charge in [0, 0.05) is 10.5 Å². The van der Waals surface area contributed by atoms with Crippen LogP contribution in [-0.2, 0) is 0 Å². The zero-order chi connectivity index (χ0) is 11.1. The summed E-state index contributed by atoms with van der Waals surface area (Å²) in [7, 11) is 0. The van der Waals surface area contributed by atoms with Gasteiger partial charge in [-0.05, 0) is 49.6 Å². The summed E-state index contributed by atoms with van der Waals surface area (Å²) in [5, 5.41) is 3.52. The Kier molecular flexibility index (Phi) is 6.37. The SMILES string of the molecule is CSCCCNC(C)c1ccc(Br)cc1. The number of hydrogen-bond donors (Lipinski definition) is 1. The predicted octanol–water partition coefficient (Wildman–Crippen LogP) is 3.85. The van der Waals surface area contributed by atoms with Crippen LogP contribution in [0.15, 0.2) is 28.7 Å². The second-order valence-electron chi connectivity index (χ2n) is 3.57. The second-order valence-corrected chi connectivity index (χ2v) is 5.47. The molecule has 3 heteroatoms. The van der Waals surface area contributed by atoms with Crippen molar-refractivity contribution in [1.82, 2.24) is 5.32 Å². The van der Waals surface area contributed by atoms with Crippen molar-refractivity contribution in [2.45, 2.75) is 19.4 Å². The highest BCUT2D eigenvalue weighted by molar-refractivity contribution is 9.10. The van der Waals surface area contributed by atoms with Gasteiger partial charge in [0.15, 0.2) is 0 Å². The summed E-state index contributed by atoms with van der Waals surface area (Å²) in [6.07, 6.45) is 3.39. The van der Waals surface area contributed by atoms with Gasteiger partial charge in [0.2, 0.25) is 0 Å². The third-order valence-electron chi connectivity index (χ3n) is 2.35. The molecule has 1 aromatic carbocycles. The fourth-order valence-corrected chi connectivity index (χ4v) is 2.10. The van der Waals surface area contributed by atoms with Crippen molar-refractivity contribution in [3.63, 3.8) is 0 Å². The van der Waals surface area contributed by atoms with Crippen molar-refractivity contribution in [3.8, 4) is 0 Å². The van der Waals surface area contributed by atoms with Crippen LogP contribution in [-0.4, -0.2) is 18.6 Å². The van der Waals surface area contributed by atoms with Crippen molar-refractivity contribution >= 4 is 27.7 Å². The standard InChI is InChI=1S/C12H18BrNS/c1-10(14-8-3-9-15-2)11-4-6-12(13)7-5-11/h4-7,10,14H,3,8-9H2,1-2H3. The van der Waals surface area contributed by atoms with Gasteiger partial charge in [0.1, 0.15) is 0 Å². The van der Waals surface area contributed by atoms with E-state index in [-0.39, 0.29) is 0 Å². The molecule has 84 valence electrons. The van der Waals surface area contributed by atoms with Crippen molar-refractivity contribution in [2.24, 2.45) is 0 Å². The molecule has 1 rings (SSSR count). The molecule has 0 radical (unpaired) electrons. The molecule has 0 aliphatic rings. The first-order valence-corrected chi connectivity index (χ1v) is 7.40. The van der Waals surface area contributed by atoms with E-state index in [2.05, 4.69) is 58.7 Å². The predicted molar refractivity (Wildman–Crippen MR) is 73.6 cm³/mol. The fraction of sp³-hybridized carbons (Fsp3) is 0.500. The smallest absolute Gasteiger partial charge is 0.0291 e. The molecule has 0 spiro atoms. The highest BCUT2D eigenvalue weighted by Crippen LogP contribution is 2.16. The van der Waals surface area contributed by atoms with E-state index in [0.717, 1.165) is 11.0 Å². The molecule has 1 atom stereocenters. The lowest BCUT2D eigenvalue weighted by Crippen LogP contribution is -2.20. The maximum Gasteiger partial charge on any atom is 0.0291 e. The highest BCUT2D eigenvalue weighted by atomic mass is 79.9. The Morgan fingerprint density at radius 2 is 2.00 bits per heavy atom. The van der Waals surface area contributed by atoms with Crippen molar-refractivity contribution in [2.75, 3.05) is 18.6 Å². The summed E-state index contributed by atoms with van der Waals surface area (Å²) in [6, 6.07) is 8.96. The third kappa shape index (κ3) is 5.05. The van der Waals surface area contributed by atoms with E-state index in [1.807, 2.05) is 11.8 Å². The first-order valence-electron chi connectivity index (χ1n) is 5.22. The van der Waals surface area contributed by atoms with Crippen LogP contribution in [0.25, 0.3) is 0 Å². The Labute approximate surface area is 105 Å². The van der Waals surface area contributed by atoms with E-state index in [0.29, 0.717) is 6.04 Å². The van der Waals surface area contributed by atoms with Crippen molar-refractivity contribution in [3.05, 3.63) is 34.3 Å². The van der Waals surface area contributed by atoms with Gasteiger partial charge in [-0.15, -0.1) is 0 Å². The van der Waals surface area contributed by atoms with Gasteiger partial charge in [-0.1, -0.05) is 28.1 Å². The van der Waals surface area contributed by atoms with Gasteiger partial charge in [-0.3, -0.25) is 0 Å². The topological polar surface area (TPSA) is 12.0 Å². The Bertz CT molecular complexity index is 273. The van der Waals surface area contributed by atoms with Crippen LogP contribution in [0.5, 0.6) is 0 Å². The van der Waals surface area contributed by atoms with Gasteiger partial charge >= 0.3 is 0 Å². The van der Waals surface area contributed by atoms with Crippen LogP contribution in [0.3, 0.4) is 0 Å². The lowest BCUT2D eigenvalue weighted by molar-refractivity contribution is 0.572. The third-order valence-corrected chi connectivity index (χ3v) is 3.57. The summed E-state index contributed by atoms with van der Waals surface area (Å²) in [4.78, 5) is 0. The molecule has 0 amide bonds. The van der Waals surface area contributed by atoms with E-state index in [4.69, 9.17) is 0 Å². The zero-order valence-corrected chi connectivity index (χ0v) is 11.7.